The van der Waals surface area contributed by atoms with Gasteiger partial charge in [0.25, 0.3) is 0 Å². The molecule has 0 spiro atoms. The molecule has 0 radical (unpaired) electrons. The number of nitrogens with zero attached hydrogens (tertiary/aromatic N) is 1. The van der Waals surface area contributed by atoms with E-state index in [9.17, 15) is 23.2 Å². The maximum absolute atomic E-state index is 12.9. The fraction of sp³-hybridized carbons (Fsp3) is 0.200. The Hall–Kier alpha value is -2.80. The standard InChI is InChI=1S/C20H14ClF3N2O2/c21-13-5-6-15-14(9-13)19(27)18-16(25-15)7-11(8-17(18)26-28)10-1-3-12(4-2-10)20(22,23)24/h1-6,9,11,28H,7-8H2,(H,25,27)/b26-17+. The van der Waals surface area contributed by atoms with Gasteiger partial charge in [-0.2, -0.15) is 13.2 Å². The van der Waals surface area contributed by atoms with Crippen LogP contribution in [0.4, 0.5) is 13.2 Å². The van der Waals surface area contributed by atoms with E-state index in [-0.39, 0.29) is 23.5 Å². The van der Waals surface area contributed by atoms with Gasteiger partial charge in [-0.15, -0.1) is 0 Å². The maximum atomic E-state index is 12.9. The summed E-state index contributed by atoms with van der Waals surface area (Å²) >= 11 is 5.98. The van der Waals surface area contributed by atoms with Gasteiger partial charge < -0.3 is 10.2 Å². The van der Waals surface area contributed by atoms with E-state index in [4.69, 9.17) is 11.6 Å². The number of hydrogen-bond donors (Lipinski definition) is 2. The number of aromatic amines is 1. The number of pyridine rings is 1. The lowest BCUT2D eigenvalue weighted by Crippen LogP contribution is -2.28. The van der Waals surface area contributed by atoms with Crippen LogP contribution in [0, 0.1) is 0 Å². The van der Waals surface area contributed by atoms with E-state index in [1.54, 1.807) is 18.2 Å². The fourth-order valence-electron chi connectivity index (χ4n) is 3.69. The van der Waals surface area contributed by atoms with Gasteiger partial charge in [0.15, 0.2) is 5.43 Å². The molecule has 1 aliphatic rings. The Labute approximate surface area is 162 Å². The monoisotopic (exact) mass is 406 g/mol. The van der Waals surface area contributed by atoms with Gasteiger partial charge in [-0.1, -0.05) is 28.9 Å². The molecular weight excluding hydrogens is 393 g/mol. The van der Waals surface area contributed by atoms with Crippen molar-refractivity contribution in [3.05, 3.63) is 80.1 Å². The second-order valence-corrected chi connectivity index (χ2v) is 7.21. The molecule has 1 aromatic heterocycles. The summed E-state index contributed by atoms with van der Waals surface area (Å²) in [7, 11) is 0. The lowest BCUT2D eigenvalue weighted by atomic mass is 9.80. The topological polar surface area (TPSA) is 65.5 Å². The third-order valence-electron chi connectivity index (χ3n) is 5.05. The molecule has 0 fully saturated rings. The number of aromatic nitrogens is 1. The van der Waals surface area contributed by atoms with Crippen molar-refractivity contribution in [3.8, 4) is 0 Å². The van der Waals surface area contributed by atoms with E-state index in [2.05, 4.69) is 10.1 Å². The number of halogens is 4. The summed E-state index contributed by atoms with van der Waals surface area (Å²) in [5, 5.41) is 13.6. The van der Waals surface area contributed by atoms with Gasteiger partial charge in [0.1, 0.15) is 0 Å². The Bertz CT molecular complexity index is 1150. The lowest BCUT2D eigenvalue weighted by Gasteiger charge is -2.25. The molecule has 1 heterocycles. The van der Waals surface area contributed by atoms with Crippen LogP contribution in [0.5, 0.6) is 0 Å². The van der Waals surface area contributed by atoms with Crippen molar-refractivity contribution in [2.75, 3.05) is 0 Å². The minimum absolute atomic E-state index is 0.203. The van der Waals surface area contributed by atoms with Gasteiger partial charge >= 0.3 is 6.18 Å². The van der Waals surface area contributed by atoms with Crippen LogP contribution in [0.25, 0.3) is 10.9 Å². The SMILES string of the molecule is O=c1c2c([nH]c3ccc(Cl)cc13)CC(c1ccc(C(F)(F)F)cc1)C/C2=N\O. The van der Waals surface area contributed by atoms with Crippen molar-refractivity contribution in [2.45, 2.75) is 24.9 Å². The molecule has 0 aliphatic heterocycles. The van der Waals surface area contributed by atoms with E-state index < -0.39 is 11.7 Å². The van der Waals surface area contributed by atoms with E-state index in [1.807, 2.05) is 0 Å². The molecule has 1 aliphatic carbocycles. The smallest absolute Gasteiger partial charge is 0.411 e. The highest BCUT2D eigenvalue weighted by Crippen LogP contribution is 2.35. The first-order valence-corrected chi connectivity index (χ1v) is 8.88. The average Bonchev–Trinajstić information content (AvgIpc) is 2.67. The molecule has 2 N–H and O–H groups in total. The molecule has 2 aromatic carbocycles. The quantitative estimate of drug-likeness (QED) is 0.435. The Morgan fingerprint density at radius 2 is 1.82 bits per heavy atom. The molecule has 144 valence electrons. The molecule has 4 rings (SSSR count). The molecule has 4 nitrogen and oxygen atoms in total. The minimum Gasteiger partial charge on any atom is -0.411 e. The van der Waals surface area contributed by atoms with Gasteiger partial charge in [-0.05, 0) is 48.2 Å². The second-order valence-electron chi connectivity index (χ2n) is 6.77. The van der Waals surface area contributed by atoms with E-state index >= 15 is 0 Å². The van der Waals surface area contributed by atoms with Crippen molar-refractivity contribution < 1.29 is 18.4 Å². The molecule has 3 aromatic rings. The summed E-state index contributed by atoms with van der Waals surface area (Å²) in [6, 6.07) is 9.81. The number of alkyl halides is 3. The highest BCUT2D eigenvalue weighted by molar-refractivity contribution is 6.31. The second kappa shape index (κ2) is 6.67. The van der Waals surface area contributed by atoms with Crippen LogP contribution in [-0.4, -0.2) is 15.9 Å². The van der Waals surface area contributed by atoms with Crippen LogP contribution >= 0.6 is 11.6 Å². The van der Waals surface area contributed by atoms with Crippen LogP contribution in [0.15, 0.2) is 52.4 Å². The van der Waals surface area contributed by atoms with Gasteiger partial charge in [0, 0.05) is 28.0 Å². The number of nitrogens with one attached hydrogen (secondary N) is 1. The number of hydrogen-bond acceptors (Lipinski definition) is 3. The van der Waals surface area contributed by atoms with E-state index in [1.165, 1.54) is 12.1 Å². The molecular formula is C20H14ClF3N2O2. The summed E-state index contributed by atoms with van der Waals surface area (Å²) in [5.74, 6) is -0.221. The maximum Gasteiger partial charge on any atom is 0.416 e. The summed E-state index contributed by atoms with van der Waals surface area (Å²) in [6.07, 6.45) is -3.75. The predicted octanol–water partition coefficient (Wildman–Crippen LogP) is 5.11. The third-order valence-corrected chi connectivity index (χ3v) is 5.28. The summed E-state index contributed by atoms with van der Waals surface area (Å²) in [6.45, 7) is 0. The Morgan fingerprint density at radius 3 is 2.46 bits per heavy atom. The fourth-order valence-corrected chi connectivity index (χ4v) is 3.87. The predicted molar refractivity (Wildman–Crippen MR) is 100 cm³/mol. The molecule has 1 unspecified atom stereocenters. The number of H-pyrrole nitrogens is 1. The first-order chi connectivity index (χ1) is 13.3. The van der Waals surface area contributed by atoms with Crippen molar-refractivity contribution in [1.29, 1.82) is 0 Å². The van der Waals surface area contributed by atoms with Crippen molar-refractivity contribution in [3.63, 3.8) is 0 Å². The number of rotatable bonds is 1. The Balaban J connectivity index is 1.79. The van der Waals surface area contributed by atoms with Gasteiger partial charge in [0.2, 0.25) is 0 Å². The van der Waals surface area contributed by atoms with Gasteiger partial charge in [-0.25, -0.2) is 0 Å². The summed E-state index contributed by atoms with van der Waals surface area (Å²) in [5.41, 5.74) is 1.35. The molecule has 0 saturated heterocycles. The van der Waals surface area contributed by atoms with Crippen LogP contribution < -0.4 is 5.43 Å². The average molecular weight is 407 g/mol. The van der Waals surface area contributed by atoms with Crippen molar-refractivity contribution in [1.82, 2.24) is 4.98 Å². The Kier molecular flexibility index (Phi) is 4.42. The van der Waals surface area contributed by atoms with Crippen molar-refractivity contribution >= 4 is 28.2 Å². The zero-order valence-corrected chi connectivity index (χ0v) is 15.1. The molecule has 1 atom stereocenters. The van der Waals surface area contributed by atoms with Crippen LogP contribution in [0.3, 0.4) is 0 Å². The van der Waals surface area contributed by atoms with E-state index in [0.717, 1.165) is 12.1 Å². The first kappa shape index (κ1) is 18.6. The normalized spacial score (nSPS) is 18.4. The largest absolute Gasteiger partial charge is 0.416 e. The highest BCUT2D eigenvalue weighted by Gasteiger charge is 2.32. The molecule has 8 heteroatoms. The molecule has 0 bridgehead atoms. The first-order valence-electron chi connectivity index (χ1n) is 8.51. The molecule has 0 saturated carbocycles. The Morgan fingerprint density at radius 1 is 1.11 bits per heavy atom. The summed E-state index contributed by atoms with van der Waals surface area (Å²) in [4.78, 5) is 16.1. The number of oxime groups is 1. The summed E-state index contributed by atoms with van der Waals surface area (Å²) < 4.78 is 38.4. The third kappa shape index (κ3) is 3.16. The van der Waals surface area contributed by atoms with Gasteiger partial charge in [0.05, 0.1) is 16.8 Å². The van der Waals surface area contributed by atoms with Crippen LogP contribution in [-0.2, 0) is 12.6 Å². The molecule has 0 amide bonds. The minimum atomic E-state index is -4.40. The van der Waals surface area contributed by atoms with Crippen LogP contribution in [0.2, 0.25) is 5.02 Å². The highest BCUT2D eigenvalue weighted by atomic mass is 35.5. The van der Waals surface area contributed by atoms with Gasteiger partial charge in [-0.3, -0.25) is 4.79 Å². The van der Waals surface area contributed by atoms with E-state index in [0.29, 0.717) is 39.2 Å². The number of fused-ring (bicyclic) bond motifs is 2. The zero-order chi connectivity index (χ0) is 20.1. The lowest BCUT2D eigenvalue weighted by molar-refractivity contribution is -0.137. The van der Waals surface area contributed by atoms with Crippen molar-refractivity contribution in [2.24, 2.45) is 5.16 Å². The van der Waals surface area contributed by atoms with Crippen LogP contribution in [0.1, 0.15) is 34.7 Å². The zero-order valence-electron chi connectivity index (χ0n) is 14.3. The number of benzene rings is 2. The molecule has 28 heavy (non-hydrogen) atoms.